The third-order valence-corrected chi connectivity index (χ3v) is 3.42. The van der Waals surface area contributed by atoms with E-state index in [9.17, 15) is 20.3 Å². The van der Waals surface area contributed by atoms with Crippen molar-refractivity contribution in [2.24, 2.45) is 0 Å². The van der Waals surface area contributed by atoms with Gasteiger partial charge >= 0.3 is 5.70 Å². The van der Waals surface area contributed by atoms with Crippen LogP contribution in [0.25, 0.3) is 0 Å². The molecular formula is C14H18N2O4. The standard InChI is InChI=1S/C14H18N2O4/c17-14(18,11-7-3-1-4-8-11)13(16(19)20)12-9-5-2-6-10-15-12/h1,3-4,7-8,15,17-18H,2,5-6,9-10H2/b13-12+. The van der Waals surface area contributed by atoms with Crippen LogP contribution in [0.15, 0.2) is 41.7 Å². The molecule has 1 aromatic carbocycles. The molecular weight excluding hydrogens is 260 g/mol. The zero-order valence-electron chi connectivity index (χ0n) is 11.1. The van der Waals surface area contributed by atoms with Crippen molar-refractivity contribution in [3.63, 3.8) is 0 Å². The first-order chi connectivity index (χ1) is 9.53. The minimum absolute atomic E-state index is 0.0882. The lowest BCUT2D eigenvalue weighted by Gasteiger charge is -2.21. The molecule has 1 aliphatic heterocycles. The Hall–Kier alpha value is -1.92. The van der Waals surface area contributed by atoms with Gasteiger partial charge in [-0.3, -0.25) is 10.1 Å². The van der Waals surface area contributed by atoms with Crippen LogP contribution < -0.4 is 5.32 Å². The van der Waals surface area contributed by atoms with E-state index in [1.807, 2.05) is 0 Å². The van der Waals surface area contributed by atoms with Crippen LogP contribution in [0.3, 0.4) is 0 Å². The number of allylic oxidation sites excluding steroid dienone is 1. The molecule has 20 heavy (non-hydrogen) atoms. The number of hydrogen-bond donors (Lipinski definition) is 3. The van der Waals surface area contributed by atoms with Gasteiger partial charge in [-0.1, -0.05) is 36.8 Å². The van der Waals surface area contributed by atoms with Crippen molar-refractivity contribution in [1.29, 1.82) is 0 Å². The van der Waals surface area contributed by atoms with Gasteiger partial charge in [0.15, 0.2) is 0 Å². The molecule has 1 aromatic rings. The summed E-state index contributed by atoms with van der Waals surface area (Å²) >= 11 is 0. The number of nitro groups is 1. The van der Waals surface area contributed by atoms with Crippen molar-refractivity contribution < 1.29 is 15.1 Å². The molecule has 0 bridgehead atoms. The zero-order chi connectivity index (χ0) is 14.6. The largest absolute Gasteiger partial charge is 0.383 e. The predicted octanol–water partition coefficient (Wildman–Crippen LogP) is 1.48. The second kappa shape index (κ2) is 6.02. The molecule has 1 heterocycles. The Bertz CT molecular complexity index is 501. The van der Waals surface area contributed by atoms with Crippen LogP contribution in [0, 0.1) is 10.1 Å². The van der Waals surface area contributed by atoms with Crippen LogP contribution in [0.1, 0.15) is 31.2 Å². The Morgan fingerprint density at radius 2 is 1.90 bits per heavy atom. The molecule has 1 fully saturated rings. The van der Waals surface area contributed by atoms with E-state index in [2.05, 4.69) is 5.32 Å². The van der Waals surface area contributed by atoms with Gasteiger partial charge in [-0.05, 0) is 19.3 Å². The molecule has 0 unspecified atom stereocenters. The molecule has 0 atom stereocenters. The van der Waals surface area contributed by atoms with Crippen LogP contribution in [0.2, 0.25) is 0 Å². The molecule has 6 nitrogen and oxygen atoms in total. The van der Waals surface area contributed by atoms with Crippen molar-refractivity contribution in [2.45, 2.75) is 31.5 Å². The summed E-state index contributed by atoms with van der Waals surface area (Å²) < 4.78 is 0. The lowest BCUT2D eigenvalue weighted by molar-refractivity contribution is -0.464. The van der Waals surface area contributed by atoms with Crippen molar-refractivity contribution in [1.82, 2.24) is 5.32 Å². The first-order valence-electron chi connectivity index (χ1n) is 6.65. The van der Waals surface area contributed by atoms with E-state index >= 15 is 0 Å². The Morgan fingerprint density at radius 3 is 2.55 bits per heavy atom. The molecule has 0 amide bonds. The summed E-state index contributed by atoms with van der Waals surface area (Å²) in [6.07, 6.45) is 3.14. The Kier molecular flexibility index (Phi) is 4.36. The second-order valence-corrected chi connectivity index (χ2v) is 4.86. The monoisotopic (exact) mass is 278 g/mol. The quantitative estimate of drug-likeness (QED) is 0.442. The molecule has 1 saturated heterocycles. The van der Waals surface area contributed by atoms with Gasteiger partial charge in [-0.15, -0.1) is 0 Å². The lowest BCUT2D eigenvalue weighted by atomic mass is 10.00. The third kappa shape index (κ3) is 2.97. The van der Waals surface area contributed by atoms with E-state index in [1.165, 1.54) is 12.1 Å². The number of nitrogens with zero attached hydrogens (tertiary/aromatic N) is 1. The minimum atomic E-state index is -2.60. The molecule has 108 valence electrons. The average molecular weight is 278 g/mol. The third-order valence-electron chi connectivity index (χ3n) is 3.42. The molecule has 0 spiro atoms. The Balaban J connectivity index is 2.47. The van der Waals surface area contributed by atoms with Crippen molar-refractivity contribution in [3.05, 3.63) is 57.4 Å². The highest BCUT2D eigenvalue weighted by Gasteiger charge is 2.43. The maximum Gasteiger partial charge on any atom is 0.328 e. The fourth-order valence-electron chi connectivity index (χ4n) is 2.39. The number of aliphatic hydroxyl groups is 2. The minimum Gasteiger partial charge on any atom is -0.383 e. The summed E-state index contributed by atoms with van der Waals surface area (Å²) in [5, 5.41) is 34.8. The average Bonchev–Trinajstić information content (AvgIpc) is 2.68. The normalized spacial score (nSPS) is 18.9. The molecule has 1 aliphatic rings. The second-order valence-electron chi connectivity index (χ2n) is 4.86. The molecule has 0 saturated carbocycles. The van der Waals surface area contributed by atoms with E-state index < -0.39 is 16.4 Å². The number of benzene rings is 1. The zero-order valence-corrected chi connectivity index (χ0v) is 11.1. The van der Waals surface area contributed by atoms with Gasteiger partial charge in [0.25, 0.3) is 5.79 Å². The van der Waals surface area contributed by atoms with Gasteiger partial charge in [-0.25, -0.2) is 0 Å². The Labute approximate surface area is 116 Å². The molecule has 6 heteroatoms. The van der Waals surface area contributed by atoms with Gasteiger partial charge in [0, 0.05) is 12.1 Å². The lowest BCUT2D eigenvalue weighted by Crippen LogP contribution is -2.35. The molecule has 0 radical (unpaired) electrons. The first-order valence-corrected chi connectivity index (χ1v) is 6.65. The van der Waals surface area contributed by atoms with Crippen LogP contribution in [0.5, 0.6) is 0 Å². The van der Waals surface area contributed by atoms with E-state index in [4.69, 9.17) is 0 Å². The molecule has 3 N–H and O–H groups in total. The van der Waals surface area contributed by atoms with Crippen LogP contribution in [-0.2, 0) is 5.79 Å². The maximum absolute atomic E-state index is 11.3. The van der Waals surface area contributed by atoms with E-state index in [-0.39, 0.29) is 5.56 Å². The number of hydrogen-bond acceptors (Lipinski definition) is 5. The Morgan fingerprint density at radius 1 is 1.20 bits per heavy atom. The van der Waals surface area contributed by atoms with Gasteiger partial charge in [0.05, 0.1) is 10.6 Å². The highest BCUT2D eigenvalue weighted by molar-refractivity contribution is 5.28. The van der Waals surface area contributed by atoms with E-state index in [0.29, 0.717) is 18.7 Å². The molecule has 0 aromatic heterocycles. The molecule has 2 rings (SSSR count). The molecule has 0 aliphatic carbocycles. The fourth-order valence-corrected chi connectivity index (χ4v) is 2.39. The van der Waals surface area contributed by atoms with E-state index in [0.717, 1.165) is 19.3 Å². The van der Waals surface area contributed by atoms with Gasteiger partial charge in [-0.2, -0.15) is 0 Å². The van der Waals surface area contributed by atoms with Crippen LogP contribution in [0.4, 0.5) is 0 Å². The van der Waals surface area contributed by atoms with Crippen LogP contribution in [-0.4, -0.2) is 21.7 Å². The summed E-state index contributed by atoms with van der Waals surface area (Å²) in [5.74, 6) is -2.60. The van der Waals surface area contributed by atoms with Crippen molar-refractivity contribution in [3.8, 4) is 0 Å². The van der Waals surface area contributed by atoms with Gasteiger partial charge in [0.2, 0.25) is 0 Å². The van der Waals surface area contributed by atoms with Crippen molar-refractivity contribution in [2.75, 3.05) is 6.54 Å². The summed E-state index contributed by atoms with van der Waals surface area (Å²) in [7, 11) is 0. The predicted molar refractivity (Wildman–Crippen MR) is 73.0 cm³/mol. The number of nitrogens with one attached hydrogen (secondary N) is 1. The van der Waals surface area contributed by atoms with Crippen LogP contribution >= 0.6 is 0 Å². The van der Waals surface area contributed by atoms with E-state index in [1.54, 1.807) is 18.2 Å². The summed E-state index contributed by atoms with van der Waals surface area (Å²) in [5.41, 5.74) is -0.183. The topological polar surface area (TPSA) is 95.6 Å². The summed E-state index contributed by atoms with van der Waals surface area (Å²) in [6.45, 7) is 0.609. The smallest absolute Gasteiger partial charge is 0.328 e. The fraction of sp³-hybridized carbons (Fsp3) is 0.429. The summed E-state index contributed by atoms with van der Waals surface area (Å²) in [4.78, 5) is 10.6. The highest BCUT2D eigenvalue weighted by atomic mass is 16.6. The summed E-state index contributed by atoms with van der Waals surface area (Å²) in [6, 6.07) is 7.85. The van der Waals surface area contributed by atoms with Crippen molar-refractivity contribution >= 4 is 0 Å². The van der Waals surface area contributed by atoms with Gasteiger partial charge < -0.3 is 15.5 Å². The maximum atomic E-state index is 11.3. The highest BCUT2D eigenvalue weighted by Crippen LogP contribution is 2.30. The SMILES string of the molecule is O=[N+]([O-])/C(=C1\CCCCCN1)C(O)(O)c1ccccc1. The number of rotatable bonds is 3. The van der Waals surface area contributed by atoms with Gasteiger partial charge in [0.1, 0.15) is 0 Å². The first kappa shape index (κ1) is 14.5.